The van der Waals surface area contributed by atoms with E-state index >= 15 is 0 Å². The number of carbonyl (C=O) groups is 1. The third-order valence-electron chi connectivity index (χ3n) is 7.42. The van der Waals surface area contributed by atoms with E-state index in [0.717, 1.165) is 31.6 Å². The average molecular weight is 539 g/mol. The monoisotopic (exact) mass is 538 g/mol. The molecule has 38 heavy (non-hydrogen) atoms. The fraction of sp³-hybridized carbons (Fsp3) is 0.464. The number of piperidine rings is 1. The van der Waals surface area contributed by atoms with Gasteiger partial charge in [0.1, 0.15) is 17.4 Å². The second kappa shape index (κ2) is 12.6. The van der Waals surface area contributed by atoms with Crippen LogP contribution in [0.25, 0.3) is 0 Å². The summed E-state index contributed by atoms with van der Waals surface area (Å²) in [5, 5.41) is 13.1. The van der Waals surface area contributed by atoms with Gasteiger partial charge >= 0.3 is 0 Å². The van der Waals surface area contributed by atoms with E-state index in [1.165, 1.54) is 49.9 Å². The van der Waals surface area contributed by atoms with Crippen LogP contribution in [-0.2, 0) is 4.79 Å². The van der Waals surface area contributed by atoms with Gasteiger partial charge in [-0.3, -0.25) is 4.79 Å². The number of aliphatic imine (C=N–C) groups is 1. The molecule has 0 atom stereocenters. The largest absolute Gasteiger partial charge is 0.453 e. The Labute approximate surface area is 228 Å². The number of halogens is 1. The molecule has 0 bridgehead atoms. The Morgan fingerprint density at radius 3 is 2.74 bits per heavy atom. The van der Waals surface area contributed by atoms with Crippen LogP contribution in [0.2, 0.25) is 0 Å². The van der Waals surface area contributed by atoms with Gasteiger partial charge < -0.3 is 19.7 Å². The maximum Gasteiger partial charge on any atom is 0.214 e. The van der Waals surface area contributed by atoms with Gasteiger partial charge in [0, 0.05) is 25.2 Å². The molecule has 1 heterocycles. The SMILES string of the molecule is CCN(C)SNc1ccc(F)c(Oc2ccc(N=CN(C=O)CC3CC4(CCNCC4)C3)c(C)c2)c1C#N. The first kappa shape index (κ1) is 27.9. The minimum absolute atomic E-state index is 0.0886. The zero-order valence-electron chi connectivity index (χ0n) is 22.2. The van der Waals surface area contributed by atoms with Crippen LogP contribution in [0, 0.1) is 35.4 Å². The molecule has 4 rings (SSSR count). The molecule has 2 fully saturated rings. The van der Waals surface area contributed by atoms with Crippen molar-refractivity contribution in [2.75, 3.05) is 37.9 Å². The minimum Gasteiger partial charge on any atom is -0.453 e. The summed E-state index contributed by atoms with van der Waals surface area (Å²) in [6.45, 7) is 7.52. The van der Waals surface area contributed by atoms with Gasteiger partial charge in [0.15, 0.2) is 11.6 Å². The van der Waals surface area contributed by atoms with Crippen molar-refractivity contribution in [3.05, 3.63) is 47.3 Å². The maximum absolute atomic E-state index is 14.7. The predicted octanol–water partition coefficient (Wildman–Crippen LogP) is 5.62. The van der Waals surface area contributed by atoms with Crippen LogP contribution in [-0.4, -0.2) is 55.2 Å². The van der Waals surface area contributed by atoms with E-state index in [2.05, 4.69) is 21.1 Å². The summed E-state index contributed by atoms with van der Waals surface area (Å²) in [4.78, 5) is 17.8. The third kappa shape index (κ3) is 6.65. The quantitative estimate of drug-likeness (QED) is 0.166. The number of nitrogens with one attached hydrogen (secondary N) is 2. The molecule has 2 aromatic rings. The molecule has 0 radical (unpaired) electrons. The Morgan fingerprint density at radius 1 is 1.32 bits per heavy atom. The number of nitriles is 1. The molecule has 1 aliphatic carbocycles. The number of amides is 1. The molecule has 2 aliphatic rings. The lowest BCUT2D eigenvalue weighted by molar-refractivity contribution is -0.116. The van der Waals surface area contributed by atoms with Crippen molar-refractivity contribution in [2.24, 2.45) is 16.3 Å². The molecule has 202 valence electrons. The van der Waals surface area contributed by atoms with Gasteiger partial charge in [0.25, 0.3) is 0 Å². The van der Waals surface area contributed by atoms with E-state index in [1.54, 1.807) is 29.4 Å². The Bertz CT molecular complexity index is 1200. The van der Waals surface area contributed by atoms with E-state index in [-0.39, 0.29) is 11.3 Å². The predicted molar refractivity (Wildman–Crippen MR) is 150 cm³/mol. The summed E-state index contributed by atoms with van der Waals surface area (Å²) in [6.07, 6.45) is 7.20. The molecule has 1 saturated heterocycles. The Morgan fingerprint density at radius 2 is 2.08 bits per heavy atom. The molecule has 0 unspecified atom stereocenters. The number of aryl methyl sites for hydroxylation is 1. The second-order valence-electron chi connectivity index (χ2n) is 10.2. The van der Waals surface area contributed by atoms with Gasteiger partial charge in [-0.1, -0.05) is 6.92 Å². The minimum atomic E-state index is -0.621. The van der Waals surface area contributed by atoms with Crippen molar-refractivity contribution in [2.45, 2.75) is 39.5 Å². The zero-order valence-corrected chi connectivity index (χ0v) is 23.0. The van der Waals surface area contributed by atoms with E-state index < -0.39 is 5.82 Å². The number of anilines is 1. The van der Waals surface area contributed by atoms with Gasteiger partial charge in [-0.05, 0) is 100.0 Å². The molecule has 8 nitrogen and oxygen atoms in total. The first-order valence-corrected chi connectivity index (χ1v) is 13.7. The maximum atomic E-state index is 14.7. The van der Waals surface area contributed by atoms with E-state index in [4.69, 9.17) is 4.74 Å². The van der Waals surface area contributed by atoms with Crippen molar-refractivity contribution in [1.29, 1.82) is 5.26 Å². The van der Waals surface area contributed by atoms with Gasteiger partial charge in [0.05, 0.1) is 17.7 Å². The summed E-state index contributed by atoms with van der Waals surface area (Å²) in [5.74, 6) is 0.148. The highest BCUT2D eigenvalue weighted by Crippen LogP contribution is 2.51. The molecule has 1 spiro atoms. The summed E-state index contributed by atoms with van der Waals surface area (Å²) in [6, 6.07) is 10.0. The molecule has 0 aromatic heterocycles. The lowest BCUT2D eigenvalue weighted by Gasteiger charge is -2.51. The number of ether oxygens (including phenoxy) is 1. The lowest BCUT2D eigenvalue weighted by atomic mass is 9.57. The third-order valence-corrected chi connectivity index (χ3v) is 8.30. The summed E-state index contributed by atoms with van der Waals surface area (Å²) in [5.41, 5.74) is 2.52. The number of hydrogen-bond acceptors (Lipinski definition) is 8. The molecule has 2 N–H and O–H groups in total. The average Bonchev–Trinajstić information content (AvgIpc) is 2.91. The van der Waals surface area contributed by atoms with E-state index in [1.807, 2.05) is 25.2 Å². The van der Waals surface area contributed by atoms with Gasteiger partial charge in [-0.15, -0.1) is 0 Å². The van der Waals surface area contributed by atoms with Gasteiger partial charge in [0.2, 0.25) is 6.41 Å². The van der Waals surface area contributed by atoms with Crippen molar-refractivity contribution in [3.8, 4) is 17.6 Å². The Kier molecular flexibility index (Phi) is 9.26. The number of hydrogen-bond donors (Lipinski definition) is 2. The topological polar surface area (TPSA) is 93.0 Å². The normalized spacial score (nSPS) is 16.8. The van der Waals surface area contributed by atoms with E-state index in [0.29, 0.717) is 35.0 Å². The molecule has 1 saturated carbocycles. The van der Waals surface area contributed by atoms with Crippen molar-refractivity contribution < 1.29 is 13.9 Å². The highest BCUT2D eigenvalue weighted by molar-refractivity contribution is 7.98. The standard InChI is InChI=1S/C28H35FN6O2S/c1-4-34(3)38-33-26-8-6-24(29)27(23(26)16-30)37-22-5-7-25(20(2)13-22)32-18-35(19-36)17-21-14-28(15-21)9-11-31-12-10-28/h5-8,13,18-19,21,31,33H,4,9-12,14-15,17H2,1-3H3. The van der Waals surface area contributed by atoms with Crippen molar-refractivity contribution in [3.63, 3.8) is 0 Å². The van der Waals surface area contributed by atoms with Crippen LogP contribution >= 0.6 is 12.1 Å². The lowest BCUT2D eigenvalue weighted by Crippen LogP contribution is -2.48. The second-order valence-corrected chi connectivity index (χ2v) is 11.2. The van der Waals surface area contributed by atoms with Crippen LogP contribution in [0.3, 0.4) is 0 Å². The number of rotatable bonds is 11. The number of carbonyl (C=O) groups excluding carboxylic acids is 1. The van der Waals surface area contributed by atoms with Crippen molar-refractivity contribution >= 4 is 36.3 Å². The van der Waals surface area contributed by atoms with Crippen LogP contribution in [0.5, 0.6) is 11.5 Å². The molecule has 2 aromatic carbocycles. The summed E-state index contributed by atoms with van der Waals surface area (Å²) in [7, 11) is 1.91. The van der Waals surface area contributed by atoms with Gasteiger partial charge in [-0.2, -0.15) is 5.26 Å². The van der Waals surface area contributed by atoms with Crippen LogP contribution in [0.4, 0.5) is 15.8 Å². The molecule has 10 heteroatoms. The molecular weight excluding hydrogens is 503 g/mol. The molecular formula is C28H35FN6O2S. The van der Waals surface area contributed by atoms with E-state index in [9.17, 15) is 14.4 Å². The molecule has 1 aliphatic heterocycles. The fourth-order valence-electron chi connectivity index (χ4n) is 5.21. The summed E-state index contributed by atoms with van der Waals surface area (Å²) < 4.78 is 25.5. The van der Waals surface area contributed by atoms with Crippen LogP contribution < -0.4 is 14.8 Å². The Balaban J connectivity index is 1.40. The number of benzene rings is 2. The van der Waals surface area contributed by atoms with Gasteiger partial charge in [-0.25, -0.2) is 13.7 Å². The number of nitrogens with zero attached hydrogens (tertiary/aromatic N) is 4. The smallest absolute Gasteiger partial charge is 0.214 e. The Hall–Kier alpha value is -3.13. The van der Waals surface area contributed by atoms with Crippen LogP contribution in [0.1, 0.15) is 43.7 Å². The molecule has 1 amide bonds. The highest BCUT2D eigenvalue weighted by Gasteiger charge is 2.44. The fourth-order valence-corrected chi connectivity index (χ4v) is 5.76. The first-order valence-electron chi connectivity index (χ1n) is 13.0. The first-order chi connectivity index (χ1) is 18.4. The highest BCUT2D eigenvalue weighted by atomic mass is 32.2. The zero-order chi connectivity index (χ0) is 27.1. The van der Waals surface area contributed by atoms with Crippen molar-refractivity contribution in [1.82, 2.24) is 14.5 Å². The summed E-state index contributed by atoms with van der Waals surface area (Å²) >= 11 is 1.32. The van der Waals surface area contributed by atoms with Crippen LogP contribution in [0.15, 0.2) is 35.3 Å².